The number of rotatable bonds is 4. The zero-order chi connectivity index (χ0) is 13.0. The van der Waals surface area contributed by atoms with Gasteiger partial charge in [0.15, 0.2) is 0 Å². The van der Waals surface area contributed by atoms with Crippen molar-refractivity contribution >= 4 is 5.97 Å². The molecular formula is C14H18O4. The molecule has 1 aromatic carbocycles. The van der Waals surface area contributed by atoms with Crippen molar-refractivity contribution in [3.8, 4) is 5.75 Å². The van der Waals surface area contributed by atoms with Gasteiger partial charge in [0.1, 0.15) is 5.75 Å². The Morgan fingerprint density at radius 2 is 2.06 bits per heavy atom. The molecule has 0 aliphatic carbocycles. The highest BCUT2D eigenvalue weighted by atomic mass is 16.5. The van der Waals surface area contributed by atoms with Crippen molar-refractivity contribution < 1.29 is 19.4 Å². The average Bonchev–Trinajstić information content (AvgIpc) is 2.40. The van der Waals surface area contributed by atoms with E-state index in [0.717, 1.165) is 11.3 Å². The monoisotopic (exact) mass is 250 g/mol. The van der Waals surface area contributed by atoms with E-state index in [2.05, 4.69) is 0 Å². The van der Waals surface area contributed by atoms with Crippen LogP contribution in [0.3, 0.4) is 0 Å². The maximum absolute atomic E-state index is 11.6. The third-order valence-electron chi connectivity index (χ3n) is 3.62. The summed E-state index contributed by atoms with van der Waals surface area (Å²) in [5.41, 5.74) is 0.233. The van der Waals surface area contributed by atoms with Gasteiger partial charge in [-0.15, -0.1) is 0 Å². The summed E-state index contributed by atoms with van der Waals surface area (Å²) in [4.78, 5) is 11.6. The van der Waals surface area contributed by atoms with Gasteiger partial charge in [-0.25, -0.2) is 0 Å². The first-order valence-corrected chi connectivity index (χ1v) is 6.11. The zero-order valence-corrected chi connectivity index (χ0v) is 10.5. The van der Waals surface area contributed by atoms with E-state index in [1.165, 1.54) is 0 Å². The smallest absolute Gasteiger partial charge is 0.310 e. The first-order chi connectivity index (χ1) is 8.68. The SMILES string of the molecule is COc1ccccc1CC1(C(=O)O)CCOCC1. The highest BCUT2D eigenvalue weighted by molar-refractivity contribution is 5.75. The van der Waals surface area contributed by atoms with Crippen molar-refractivity contribution in [2.45, 2.75) is 19.3 Å². The lowest BCUT2D eigenvalue weighted by Crippen LogP contribution is -2.39. The number of para-hydroxylation sites is 1. The number of methoxy groups -OCH3 is 1. The van der Waals surface area contributed by atoms with Crippen LogP contribution >= 0.6 is 0 Å². The lowest BCUT2D eigenvalue weighted by molar-refractivity contribution is -0.154. The summed E-state index contributed by atoms with van der Waals surface area (Å²) in [7, 11) is 1.61. The molecule has 2 rings (SSSR count). The van der Waals surface area contributed by atoms with E-state index >= 15 is 0 Å². The number of hydrogen-bond donors (Lipinski definition) is 1. The van der Waals surface area contributed by atoms with E-state index in [1.807, 2.05) is 24.3 Å². The molecule has 0 spiro atoms. The fraction of sp³-hybridized carbons (Fsp3) is 0.500. The molecule has 0 aromatic heterocycles. The molecule has 1 aliphatic heterocycles. The van der Waals surface area contributed by atoms with Crippen molar-refractivity contribution in [1.29, 1.82) is 0 Å². The number of carboxylic acid groups (broad SMARTS) is 1. The number of aliphatic carboxylic acids is 1. The van der Waals surface area contributed by atoms with Gasteiger partial charge in [-0.05, 0) is 30.9 Å². The second-order valence-corrected chi connectivity index (χ2v) is 4.69. The summed E-state index contributed by atoms with van der Waals surface area (Å²) in [5.74, 6) is 0.0151. The average molecular weight is 250 g/mol. The maximum atomic E-state index is 11.6. The van der Waals surface area contributed by atoms with Crippen LogP contribution in [0, 0.1) is 5.41 Å². The Labute approximate surface area is 107 Å². The third-order valence-corrected chi connectivity index (χ3v) is 3.62. The first kappa shape index (κ1) is 12.9. The minimum Gasteiger partial charge on any atom is -0.496 e. The van der Waals surface area contributed by atoms with Gasteiger partial charge < -0.3 is 14.6 Å². The fourth-order valence-corrected chi connectivity index (χ4v) is 2.44. The topological polar surface area (TPSA) is 55.8 Å². The van der Waals surface area contributed by atoms with Crippen molar-refractivity contribution in [1.82, 2.24) is 0 Å². The predicted molar refractivity (Wildman–Crippen MR) is 66.8 cm³/mol. The predicted octanol–water partition coefficient (Wildman–Crippen LogP) is 2.12. The van der Waals surface area contributed by atoms with Crippen LogP contribution in [0.2, 0.25) is 0 Å². The van der Waals surface area contributed by atoms with E-state index in [-0.39, 0.29) is 0 Å². The number of hydrogen-bond acceptors (Lipinski definition) is 3. The lowest BCUT2D eigenvalue weighted by Gasteiger charge is -2.33. The summed E-state index contributed by atoms with van der Waals surface area (Å²) in [6.07, 6.45) is 1.61. The minimum atomic E-state index is -0.739. The van der Waals surface area contributed by atoms with Gasteiger partial charge >= 0.3 is 5.97 Å². The van der Waals surface area contributed by atoms with Crippen LogP contribution in [0.4, 0.5) is 0 Å². The second-order valence-electron chi connectivity index (χ2n) is 4.69. The first-order valence-electron chi connectivity index (χ1n) is 6.11. The molecule has 4 nitrogen and oxygen atoms in total. The number of carbonyl (C=O) groups is 1. The largest absolute Gasteiger partial charge is 0.496 e. The highest BCUT2D eigenvalue weighted by Crippen LogP contribution is 2.36. The Morgan fingerprint density at radius 1 is 1.39 bits per heavy atom. The van der Waals surface area contributed by atoms with Crippen molar-refractivity contribution in [2.24, 2.45) is 5.41 Å². The summed E-state index contributed by atoms with van der Waals surface area (Å²) in [5, 5.41) is 9.52. The molecule has 0 unspecified atom stereocenters. The number of ether oxygens (including phenoxy) is 2. The minimum absolute atomic E-state index is 0.496. The molecule has 1 fully saturated rings. The molecule has 0 bridgehead atoms. The molecule has 0 saturated carbocycles. The van der Waals surface area contributed by atoms with Crippen molar-refractivity contribution in [3.63, 3.8) is 0 Å². The summed E-state index contributed by atoms with van der Waals surface area (Å²) >= 11 is 0. The molecule has 18 heavy (non-hydrogen) atoms. The van der Waals surface area contributed by atoms with Crippen molar-refractivity contribution in [2.75, 3.05) is 20.3 Å². The van der Waals surface area contributed by atoms with Gasteiger partial charge in [-0.2, -0.15) is 0 Å². The van der Waals surface area contributed by atoms with Gasteiger partial charge in [0.25, 0.3) is 0 Å². The Bertz CT molecular complexity index is 422. The molecule has 4 heteroatoms. The molecule has 1 saturated heterocycles. The second kappa shape index (κ2) is 5.40. The van der Waals surface area contributed by atoms with E-state index in [1.54, 1.807) is 7.11 Å². The zero-order valence-electron chi connectivity index (χ0n) is 10.5. The van der Waals surface area contributed by atoms with Crippen LogP contribution < -0.4 is 4.74 Å². The molecule has 0 amide bonds. The number of carboxylic acids is 1. The van der Waals surface area contributed by atoms with Crippen LogP contribution in [-0.2, 0) is 16.0 Å². The molecule has 1 aliphatic rings. The van der Waals surface area contributed by atoms with E-state index in [0.29, 0.717) is 32.5 Å². The van der Waals surface area contributed by atoms with E-state index in [9.17, 15) is 9.90 Å². The standard InChI is InChI=1S/C14H18O4/c1-17-12-5-3-2-4-11(12)10-14(13(15)16)6-8-18-9-7-14/h2-5H,6-10H2,1H3,(H,15,16). The third kappa shape index (κ3) is 2.48. The molecule has 1 heterocycles. The summed E-state index contributed by atoms with van der Waals surface area (Å²) < 4.78 is 10.6. The Balaban J connectivity index is 2.26. The number of benzene rings is 1. The van der Waals surface area contributed by atoms with E-state index < -0.39 is 11.4 Å². The van der Waals surface area contributed by atoms with Gasteiger partial charge in [0, 0.05) is 13.2 Å². The van der Waals surface area contributed by atoms with Crippen LogP contribution in [0.25, 0.3) is 0 Å². The molecule has 1 aromatic rings. The van der Waals surface area contributed by atoms with Gasteiger partial charge in [-0.1, -0.05) is 18.2 Å². The van der Waals surface area contributed by atoms with Crippen LogP contribution in [0.1, 0.15) is 18.4 Å². The Hall–Kier alpha value is -1.55. The van der Waals surface area contributed by atoms with Crippen LogP contribution in [-0.4, -0.2) is 31.4 Å². The summed E-state index contributed by atoms with van der Waals surface area (Å²) in [6.45, 7) is 1.03. The highest BCUT2D eigenvalue weighted by Gasteiger charge is 2.40. The molecule has 1 N–H and O–H groups in total. The molecule has 98 valence electrons. The Kier molecular flexibility index (Phi) is 3.87. The quantitative estimate of drug-likeness (QED) is 0.889. The van der Waals surface area contributed by atoms with Crippen LogP contribution in [0.15, 0.2) is 24.3 Å². The maximum Gasteiger partial charge on any atom is 0.310 e. The lowest BCUT2D eigenvalue weighted by atomic mass is 9.75. The summed E-state index contributed by atoms with van der Waals surface area (Å²) in [6, 6.07) is 7.59. The Morgan fingerprint density at radius 3 is 2.67 bits per heavy atom. The van der Waals surface area contributed by atoms with Gasteiger partial charge in [0.2, 0.25) is 0 Å². The van der Waals surface area contributed by atoms with E-state index in [4.69, 9.17) is 9.47 Å². The van der Waals surface area contributed by atoms with Crippen molar-refractivity contribution in [3.05, 3.63) is 29.8 Å². The normalized spacial score (nSPS) is 18.3. The molecule has 0 atom stereocenters. The van der Waals surface area contributed by atoms with Gasteiger partial charge in [0.05, 0.1) is 12.5 Å². The van der Waals surface area contributed by atoms with Crippen LogP contribution in [0.5, 0.6) is 5.75 Å². The molecule has 0 radical (unpaired) electrons. The fourth-order valence-electron chi connectivity index (χ4n) is 2.44. The van der Waals surface area contributed by atoms with Gasteiger partial charge in [-0.3, -0.25) is 4.79 Å². The molecular weight excluding hydrogens is 232 g/mol.